The highest BCUT2D eigenvalue weighted by atomic mass is 16.5. The summed E-state index contributed by atoms with van der Waals surface area (Å²) in [4.78, 5) is 15.0. The molecule has 0 radical (unpaired) electrons. The predicted molar refractivity (Wildman–Crippen MR) is 82.5 cm³/mol. The molecule has 0 aliphatic carbocycles. The summed E-state index contributed by atoms with van der Waals surface area (Å²) < 4.78 is 5.70. The predicted octanol–water partition coefficient (Wildman–Crippen LogP) is 2.37. The summed E-state index contributed by atoms with van der Waals surface area (Å²) in [7, 11) is 0. The van der Waals surface area contributed by atoms with E-state index in [2.05, 4.69) is 10.3 Å². The van der Waals surface area contributed by atoms with E-state index in [1.54, 1.807) is 18.3 Å². The van der Waals surface area contributed by atoms with E-state index in [1.165, 1.54) is 5.56 Å². The van der Waals surface area contributed by atoms with Gasteiger partial charge in [-0.15, -0.1) is 0 Å². The zero-order valence-electron chi connectivity index (χ0n) is 12.2. The summed E-state index contributed by atoms with van der Waals surface area (Å²) in [6, 6.07) is 11.4. The molecule has 110 valence electrons. The van der Waals surface area contributed by atoms with Gasteiger partial charge in [0.1, 0.15) is 18.1 Å². The first kappa shape index (κ1) is 14.8. The summed E-state index contributed by atoms with van der Waals surface area (Å²) in [6.07, 6.45) is 1.55. The fraction of sp³-hybridized carbons (Fsp3) is 0.250. The molecule has 5 heteroatoms. The Hall–Kier alpha value is -2.56. The molecule has 2 rings (SSSR count). The average molecular weight is 285 g/mol. The first-order valence-electron chi connectivity index (χ1n) is 6.76. The summed E-state index contributed by atoms with van der Waals surface area (Å²) in [5.41, 5.74) is 7.44. The van der Waals surface area contributed by atoms with E-state index in [9.17, 15) is 4.79 Å². The number of aryl methyl sites for hydroxylation is 1. The van der Waals surface area contributed by atoms with E-state index in [0.29, 0.717) is 6.61 Å². The van der Waals surface area contributed by atoms with Crippen molar-refractivity contribution >= 4 is 11.6 Å². The molecule has 0 saturated heterocycles. The number of anilines is 1. The minimum absolute atomic E-state index is 0.0782. The van der Waals surface area contributed by atoms with E-state index in [1.807, 2.05) is 38.1 Å². The summed E-state index contributed by atoms with van der Waals surface area (Å²) in [5, 5.41) is 3.25. The van der Waals surface area contributed by atoms with Crippen molar-refractivity contribution in [2.45, 2.75) is 19.9 Å². The van der Waals surface area contributed by atoms with Gasteiger partial charge in [0.15, 0.2) is 0 Å². The van der Waals surface area contributed by atoms with Crippen LogP contribution in [-0.2, 0) is 0 Å². The molecule has 1 aromatic heterocycles. The second-order valence-corrected chi connectivity index (χ2v) is 4.96. The number of carbonyl (C=O) groups is 1. The molecule has 0 aliphatic rings. The third kappa shape index (κ3) is 4.49. The summed E-state index contributed by atoms with van der Waals surface area (Å²) in [6.45, 7) is 4.55. The van der Waals surface area contributed by atoms with Gasteiger partial charge < -0.3 is 15.8 Å². The van der Waals surface area contributed by atoms with Crippen LogP contribution < -0.4 is 15.8 Å². The zero-order valence-corrected chi connectivity index (χ0v) is 12.2. The Morgan fingerprint density at radius 3 is 2.71 bits per heavy atom. The van der Waals surface area contributed by atoms with Gasteiger partial charge in [0.2, 0.25) is 0 Å². The van der Waals surface area contributed by atoms with Crippen molar-refractivity contribution in [3.8, 4) is 5.75 Å². The molecular weight excluding hydrogens is 266 g/mol. The number of nitrogens with one attached hydrogen (secondary N) is 1. The molecule has 2 aromatic rings. The smallest absolute Gasteiger partial charge is 0.267 e. The molecule has 1 amide bonds. The Morgan fingerprint density at radius 2 is 2.05 bits per heavy atom. The fourth-order valence-corrected chi connectivity index (χ4v) is 1.84. The van der Waals surface area contributed by atoms with Crippen molar-refractivity contribution in [2.24, 2.45) is 5.73 Å². The average Bonchev–Trinajstić information content (AvgIpc) is 2.47. The van der Waals surface area contributed by atoms with Crippen molar-refractivity contribution in [3.63, 3.8) is 0 Å². The molecule has 0 fully saturated rings. The largest absolute Gasteiger partial charge is 0.491 e. The van der Waals surface area contributed by atoms with Gasteiger partial charge in [0.05, 0.1) is 6.04 Å². The Kier molecular flexibility index (Phi) is 4.77. The number of carbonyl (C=O) groups excluding carboxylic acids is 1. The van der Waals surface area contributed by atoms with Gasteiger partial charge in [-0.05, 0) is 38.1 Å². The number of amides is 1. The van der Waals surface area contributed by atoms with Gasteiger partial charge in [-0.25, -0.2) is 0 Å². The normalized spacial score (nSPS) is 11.7. The molecule has 0 spiro atoms. The molecular formula is C16H19N3O2. The number of hydrogen-bond acceptors (Lipinski definition) is 4. The quantitative estimate of drug-likeness (QED) is 0.854. The molecule has 1 heterocycles. The molecule has 0 saturated carbocycles. The fourth-order valence-electron chi connectivity index (χ4n) is 1.84. The number of rotatable bonds is 6. The second kappa shape index (κ2) is 6.74. The van der Waals surface area contributed by atoms with Crippen LogP contribution in [0.3, 0.4) is 0 Å². The maximum atomic E-state index is 11.1. The monoisotopic (exact) mass is 285 g/mol. The first-order chi connectivity index (χ1) is 10.0. The highest BCUT2D eigenvalue weighted by Crippen LogP contribution is 2.13. The van der Waals surface area contributed by atoms with Crippen LogP contribution in [-0.4, -0.2) is 23.5 Å². The summed E-state index contributed by atoms with van der Waals surface area (Å²) >= 11 is 0. The van der Waals surface area contributed by atoms with Crippen LogP contribution in [0.15, 0.2) is 42.6 Å². The minimum Gasteiger partial charge on any atom is -0.491 e. The van der Waals surface area contributed by atoms with Crippen molar-refractivity contribution in [1.29, 1.82) is 0 Å². The standard InChI is InChI=1S/C16H19N3O2/c1-11-3-5-14(6-4-11)21-10-12(2)19-13-7-8-18-15(9-13)16(17)20/h3-9,12H,10H2,1-2H3,(H2,17,20)(H,18,19). The van der Waals surface area contributed by atoms with Gasteiger partial charge in [-0.2, -0.15) is 0 Å². The Morgan fingerprint density at radius 1 is 1.33 bits per heavy atom. The lowest BCUT2D eigenvalue weighted by Crippen LogP contribution is -2.24. The molecule has 1 unspecified atom stereocenters. The lowest BCUT2D eigenvalue weighted by Gasteiger charge is -2.16. The van der Waals surface area contributed by atoms with Crippen LogP contribution in [0.25, 0.3) is 0 Å². The molecule has 0 bridgehead atoms. The molecule has 21 heavy (non-hydrogen) atoms. The third-order valence-corrected chi connectivity index (χ3v) is 2.95. The van der Waals surface area contributed by atoms with Gasteiger partial charge >= 0.3 is 0 Å². The number of primary amides is 1. The Labute approximate surface area is 124 Å². The Bertz CT molecular complexity index is 611. The van der Waals surface area contributed by atoms with Crippen molar-refractivity contribution < 1.29 is 9.53 Å². The minimum atomic E-state index is -0.540. The molecule has 1 atom stereocenters. The number of aromatic nitrogens is 1. The van der Waals surface area contributed by atoms with Crippen LogP contribution in [0.5, 0.6) is 5.75 Å². The van der Waals surface area contributed by atoms with E-state index in [0.717, 1.165) is 11.4 Å². The van der Waals surface area contributed by atoms with E-state index in [4.69, 9.17) is 10.5 Å². The van der Waals surface area contributed by atoms with Crippen LogP contribution >= 0.6 is 0 Å². The number of pyridine rings is 1. The van der Waals surface area contributed by atoms with E-state index in [-0.39, 0.29) is 11.7 Å². The van der Waals surface area contributed by atoms with Crippen LogP contribution in [0.1, 0.15) is 23.0 Å². The molecule has 5 nitrogen and oxygen atoms in total. The maximum Gasteiger partial charge on any atom is 0.267 e. The van der Waals surface area contributed by atoms with Crippen molar-refractivity contribution in [2.75, 3.05) is 11.9 Å². The van der Waals surface area contributed by atoms with Gasteiger partial charge in [0, 0.05) is 11.9 Å². The van der Waals surface area contributed by atoms with Gasteiger partial charge in [-0.1, -0.05) is 17.7 Å². The highest BCUT2D eigenvalue weighted by molar-refractivity contribution is 5.91. The number of nitrogens with zero attached hydrogens (tertiary/aromatic N) is 1. The van der Waals surface area contributed by atoms with Crippen LogP contribution in [0.4, 0.5) is 5.69 Å². The van der Waals surface area contributed by atoms with Crippen molar-refractivity contribution in [3.05, 3.63) is 53.9 Å². The highest BCUT2D eigenvalue weighted by Gasteiger charge is 2.06. The van der Waals surface area contributed by atoms with E-state index >= 15 is 0 Å². The molecule has 3 N–H and O–H groups in total. The maximum absolute atomic E-state index is 11.1. The lowest BCUT2D eigenvalue weighted by molar-refractivity contribution is 0.0995. The number of benzene rings is 1. The topological polar surface area (TPSA) is 77.2 Å². The zero-order chi connectivity index (χ0) is 15.2. The first-order valence-corrected chi connectivity index (χ1v) is 6.76. The summed E-state index contributed by atoms with van der Waals surface area (Å²) in [5.74, 6) is 0.295. The van der Waals surface area contributed by atoms with Crippen LogP contribution in [0, 0.1) is 6.92 Å². The number of hydrogen-bond donors (Lipinski definition) is 2. The van der Waals surface area contributed by atoms with Crippen molar-refractivity contribution in [1.82, 2.24) is 4.98 Å². The number of nitrogens with two attached hydrogens (primary N) is 1. The second-order valence-electron chi connectivity index (χ2n) is 4.96. The van der Waals surface area contributed by atoms with Gasteiger partial charge in [0.25, 0.3) is 5.91 Å². The Balaban J connectivity index is 1.89. The van der Waals surface area contributed by atoms with Crippen LogP contribution in [0.2, 0.25) is 0 Å². The molecule has 0 aliphatic heterocycles. The molecule has 1 aromatic carbocycles. The lowest BCUT2D eigenvalue weighted by atomic mass is 10.2. The number of ether oxygens (including phenoxy) is 1. The van der Waals surface area contributed by atoms with E-state index < -0.39 is 5.91 Å². The SMILES string of the molecule is Cc1ccc(OCC(C)Nc2ccnc(C(N)=O)c2)cc1. The third-order valence-electron chi connectivity index (χ3n) is 2.95. The van der Waals surface area contributed by atoms with Gasteiger partial charge in [-0.3, -0.25) is 9.78 Å².